The van der Waals surface area contributed by atoms with E-state index in [1.54, 1.807) is 0 Å². The van der Waals surface area contributed by atoms with Crippen LogP contribution in [0.25, 0.3) is 5.69 Å². The first-order valence-electron chi connectivity index (χ1n) is 5.06. The molecule has 0 unspecified atom stereocenters. The van der Waals surface area contributed by atoms with E-state index in [1.807, 2.05) is 6.07 Å². The van der Waals surface area contributed by atoms with Gasteiger partial charge in [-0.05, 0) is 18.2 Å². The Labute approximate surface area is 118 Å². The molecular weight excluding hydrogens is 286 g/mol. The fourth-order valence-electron chi connectivity index (χ4n) is 1.60. The van der Waals surface area contributed by atoms with Crippen molar-refractivity contribution in [2.45, 2.75) is 0 Å². The Morgan fingerprint density at radius 3 is 2.63 bits per heavy atom. The van der Waals surface area contributed by atoms with Gasteiger partial charge in [-0.15, -0.1) is 0 Å². The molecule has 94 valence electrons. The SMILES string of the molecule is N#Cc1ccc(=O)n(-c2ccc(Cl)nc2)c1C(=O)S. The second-order valence-electron chi connectivity index (χ2n) is 3.53. The highest BCUT2D eigenvalue weighted by Gasteiger charge is 2.16. The van der Waals surface area contributed by atoms with Crippen LogP contribution in [0.2, 0.25) is 5.15 Å². The summed E-state index contributed by atoms with van der Waals surface area (Å²) in [6.07, 6.45) is 1.34. The Morgan fingerprint density at radius 1 is 1.37 bits per heavy atom. The van der Waals surface area contributed by atoms with Gasteiger partial charge in [0.05, 0.1) is 17.4 Å². The molecule has 2 rings (SSSR count). The number of thiol groups is 1. The van der Waals surface area contributed by atoms with Gasteiger partial charge in [0.15, 0.2) is 0 Å². The monoisotopic (exact) mass is 291 g/mol. The molecule has 0 radical (unpaired) electrons. The summed E-state index contributed by atoms with van der Waals surface area (Å²) in [5, 5.41) is 8.57. The van der Waals surface area contributed by atoms with Gasteiger partial charge >= 0.3 is 0 Å². The van der Waals surface area contributed by atoms with E-state index >= 15 is 0 Å². The Balaban J connectivity index is 2.82. The lowest BCUT2D eigenvalue weighted by atomic mass is 10.2. The summed E-state index contributed by atoms with van der Waals surface area (Å²) in [5.74, 6) is 0. The number of pyridine rings is 2. The molecule has 2 aromatic rings. The van der Waals surface area contributed by atoms with Crippen molar-refractivity contribution in [2.75, 3.05) is 0 Å². The predicted octanol–water partition coefficient (Wildman–Crippen LogP) is 1.83. The zero-order valence-corrected chi connectivity index (χ0v) is 11.0. The van der Waals surface area contributed by atoms with Crippen molar-refractivity contribution in [1.29, 1.82) is 5.26 Å². The summed E-state index contributed by atoms with van der Waals surface area (Å²) < 4.78 is 1.08. The van der Waals surface area contributed by atoms with Crippen LogP contribution in [-0.2, 0) is 0 Å². The third kappa shape index (κ3) is 2.52. The van der Waals surface area contributed by atoms with Gasteiger partial charge in [-0.1, -0.05) is 24.2 Å². The average molecular weight is 292 g/mol. The number of hydrogen-bond donors (Lipinski definition) is 1. The summed E-state index contributed by atoms with van der Waals surface area (Å²) in [6.45, 7) is 0. The van der Waals surface area contributed by atoms with Crippen LogP contribution in [0.15, 0.2) is 35.3 Å². The highest BCUT2D eigenvalue weighted by atomic mass is 35.5. The maximum atomic E-state index is 11.9. The molecule has 5 nitrogen and oxygen atoms in total. The molecule has 0 aliphatic rings. The summed E-state index contributed by atoms with van der Waals surface area (Å²) in [4.78, 5) is 27.3. The molecule has 0 bridgehead atoms. The van der Waals surface area contributed by atoms with Crippen LogP contribution in [0.3, 0.4) is 0 Å². The molecule has 0 N–H and O–H groups in total. The maximum absolute atomic E-state index is 11.9. The minimum atomic E-state index is -0.677. The average Bonchev–Trinajstić information content (AvgIpc) is 2.39. The maximum Gasteiger partial charge on any atom is 0.255 e. The van der Waals surface area contributed by atoms with Crippen LogP contribution in [-0.4, -0.2) is 14.7 Å². The Kier molecular flexibility index (Phi) is 3.69. The molecule has 0 aliphatic carbocycles. The van der Waals surface area contributed by atoms with Gasteiger partial charge in [-0.25, -0.2) is 4.98 Å². The Bertz CT molecular complexity index is 747. The van der Waals surface area contributed by atoms with Crippen molar-refractivity contribution in [2.24, 2.45) is 0 Å². The largest absolute Gasteiger partial charge is 0.280 e. The van der Waals surface area contributed by atoms with Gasteiger partial charge in [0.25, 0.3) is 5.56 Å². The van der Waals surface area contributed by atoms with Gasteiger partial charge < -0.3 is 0 Å². The smallest absolute Gasteiger partial charge is 0.255 e. The van der Waals surface area contributed by atoms with Crippen LogP contribution in [0.5, 0.6) is 0 Å². The van der Waals surface area contributed by atoms with E-state index < -0.39 is 10.7 Å². The van der Waals surface area contributed by atoms with Crippen molar-refractivity contribution in [3.63, 3.8) is 0 Å². The summed E-state index contributed by atoms with van der Waals surface area (Å²) in [6, 6.07) is 7.34. The van der Waals surface area contributed by atoms with E-state index in [-0.39, 0.29) is 16.4 Å². The van der Waals surface area contributed by atoms with Crippen LogP contribution in [0.1, 0.15) is 16.1 Å². The molecule has 2 aromatic heterocycles. The standard InChI is InChI=1S/C12H6ClN3O2S/c13-9-3-2-8(6-15-9)16-10(17)4-1-7(5-14)11(16)12(18)19/h1-4,6H,(H,18,19). The Morgan fingerprint density at radius 2 is 2.11 bits per heavy atom. The fraction of sp³-hybridized carbons (Fsp3) is 0. The number of hydrogen-bond acceptors (Lipinski definition) is 4. The lowest BCUT2D eigenvalue weighted by Gasteiger charge is -2.10. The van der Waals surface area contributed by atoms with E-state index in [0.717, 1.165) is 4.57 Å². The summed E-state index contributed by atoms with van der Waals surface area (Å²) in [7, 11) is 0. The van der Waals surface area contributed by atoms with Crippen LogP contribution in [0, 0.1) is 11.3 Å². The number of carbonyl (C=O) groups is 1. The molecule has 0 aliphatic heterocycles. The zero-order chi connectivity index (χ0) is 14.0. The lowest BCUT2D eigenvalue weighted by Crippen LogP contribution is -2.23. The molecule has 7 heteroatoms. The molecule has 0 aromatic carbocycles. The van der Waals surface area contributed by atoms with Crippen molar-refractivity contribution < 1.29 is 4.79 Å². The van der Waals surface area contributed by atoms with E-state index in [2.05, 4.69) is 17.6 Å². The van der Waals surface area contributed by atoms with Crippen LogP contribution >= 0.6 is 24.2 Å². The molecule has 2 heterocycles. The molecule has 0 saturated carbocycles. The first-order valence-corrected chi connectivity index (χ1v) is 5.88. The number of aromatic nitrogens is 2. The van der Waals surface area contributed by atoms with Crippen molar-refractivity contribution in [3.05, 3.63) is 57.2 Å². The van der Waals surface area contributed by atoms with E-state index in [4.69, 9.17) is 16.9 Å². The van der Waals surface area contributed by atoms with E-state index in [9.17, 15) is 9.59 Å². The highest BCUT2D eigenvalue weighted by Crippen LogP contribution is 2.15. The topological polar surface area (TPSA) is 75.8 Å². The summed E-state index contributed by atoms with van der Waals surface area (Å²) >= 11 is 9.37. The van der Waals surface area contributed by atoms with Gasteiger partial charge in [0.2, 0.25) is 5.12 Å². The number of carbonyl (C=O) groups excluding carboxylic acids is 1. The van der Waals surface area contributed by atoms with Crippen LogP contribution < -0.4 is 5.56 Å². The van der Waals surface area contributed by atoms with Crippen LogP contribution in [0.4, 0.5) is 0 Å². The lowest BCUT2D eigenvalue weighted by molar-refractivity contribution is 0.108. The van der Waals surface area contributed by atoms with Crippen molar-refractivity contribution >= 4 is 29.3 Å². The first-order chi connectivity index (χ1) is 9.04. The fourth-order valence-corrected chi connectivity index (χ4v) is 1.93. The number of halogens is 1. The molecule has 0 fully saturated rings. The number of rotatable bonds is 2. The minimum absolute atomic E-state index is 0.0644. The second kappa shape index (κ2) is 5.26. The zero-order valence-electron chi connectivity index (χ0n) is 9.37. The molecule has 19 heavy (non-hydrogen) atoms. The first kappa shape index (κ1) is 13.3. The molecule has 0 saturated heterocycles. The van der Waals surface area contributed by atoms with Gasteiger partial charge in [0, 0.05) is 6.07 Å². The number of nitriles is 1. The van der Waals surface area contributed by atoms with Crippen molar-refractivity contribution in [3.8, 4) is 11.8 Å². The minimum Gasteiger partial charge on any atom is -0.280 e. The predicted molar refractivity (Wildman–Crippen MR) is 72.9 cm³/mol. The molecule has 0 spiro atoms. The van der Waals surface area contributed by atoms with Gasteiger partial charge in [0.1, 0.15) is 16.9 Å². The molecule has 0 amide bonds. The second-order valence-corrected chi connectivity index (χ2v) is 4.32. The Hall–Kier alpha value is -2.10. The van der Waals surface area contributed by atoms with Crippen molar-refractivity contribution in [1.82, 2.24) is 9.55 Å². The third-order valence-corrected chi connectivity index (χ3v) is 2.82. The summed E-state index contributed by atoms with van der Waals surface area (Å²) in [5.41, 5.74) is -0.151. The van der Waals surface area contributed by atoms with E-state index in [1.165, 1.54) is 30.5 Å². The molecular formula is C12H6ClN3O2S. The van der Waals surface area contributed by atoms with Gasteiger partial charge in [-0.2, -0.15) is 5.26 Å². The highest BCUT2D eigenvalue weighted by molar-refractivity contribution is 7.97. The normalized spacial score (nSPS) is 9.95. The van der Waals surface area contributed by atoms with E-state index in [0.29, 0.717) is 5.69 Å². The van der Waals surface area contributed by atoms with Gasteiger partial charge in [-0.3, -0.25) is 14.2 Å². The molecule has 0 atom stereocenters. The quantitative estimate of drug-likeness (QED) is 0.676. The number of nitrogens with zero attached hydrogens (tertiary/aromatic N) is 3. The third-order valence-electron chi connectivity index (χ3n) is 2.38.